The number of nitrogens with zero attached hydrogens (tertiary/aromatic N) is 2. The number of nitrogens with two attached hydrogens (primary N) is 1. The zero-order valence-electron chi connectivity index (χ0n) is 8.63. The molecule has 0 saturated carbocycles. The van der Waals surface area contributed by atoms with Crippen molar-refractivity contribution in [2.75, 3.05) is 5.73 Å². The van der Waals surface area contributed by atoms with Gasteiger partial charge in [0.15, 0.2) is 6.04 Å². The standard InChI is InChI=1S/C11H14N3O/c1-9(14-8-11(12)15-13-14)7-10-5-3-2-4-6-10/h2-6,8-9H,7,12H2,1H3/q+1/t9-/m0/s1. The van der Waals surface area contributed by atoms with Crippen LogP contribution in [0.15, 0.2) is 41.1 Å². The van der Waals surface area contributed by atoms with Gasteiger partial charge in [-0.25, -0.2) is 0 Å². The van der Waals surface area contributed by atoms with E-state index in [1.54, 1.807) is 10.9 Å². The maximum absolute atomic E-state index is 5.46. The third-order valence-electron chi connectivity index (χ3n) is 2.33. The van der Waals surface area contributed by atoms with E-state index in [0.29, 0.717) is 5.88 Å². The van der Waals surface area contributed by atoms with Gasteiger partial charge in [0.2, 0.25) is 5.27 Å². The van der Waals surface area contributed by atoms with Crippen LogP contribution in [0.2, 0.25) is 0 Å². The number of anilines is 1. The smallest absolute Gasteiger partial charge is 0.293 e. The molecule has 0 fully saturated rings. The second-order valence-corrected chi connectivity index (χ2v) is 3.62. The molecule has 1 atom stereocenters. The van der Waals surface area contributed by atoms with Crippen molar-refractivity contribution >= 4 is 5.88 Å². The third kappa shape index (κ3) is 2.34. The molecule has 0 amide bonds. The van der Waals surface area contributed by atoms with Crippen LogP contribution in [-0.4, -0.2) is 5.27 Å². The summed E-state index contributed by atoms with van der Waals surface area (Å²) in [7, 11) is 0. The Morgan fingerprint density at radius 1 is 1.40 bits per heavy atom. The molecule has 0 unspecified atom stereocenters. The zero-order chi connectivity index (χ0) is 10.7. The van der Waals surface area contributed by atoms with Crippen molar-refractivity contribution in [1.82, 2.24) is 5.27 Å². The molecule has 4 nitrogen and oxygen atoms in total. The first kappa shape index (κ1) is 9.71. The molecule has 0 saturated heterocycles. The Morgan fingerprint density at radius 2 is 2.13 bits per heavy atom. The first-order chi connectivity index (χ1) is 7.25. The minimum absolute atomic E-state index is 0.244. The van der Waals surface area contributed by atoms with E-state index in [9.17, 15) is 0 Å². The number of rotatable bonds is 3. The van der Waals surface area contributed by atoms with Crippen LogP contribution < -0.4 is 10.4 Å². The highest BCUT2D eigenvalue weighted by molar-refractivity contribution is 5.15. The summed E-state index contributed by atoms with van der Waals surface area (Å²) in [5.41, 5.74) is 6.74. The summed E-state index contributed by atoms with van der Waals surface area (Å²) in [6.07, 6.45) is 2.62. The van der Waals surface area contributed by atoms with Gasteiger partial charge in [0.25, 0.3) is 12.1 Å². The lowest BCUT2D eigenvalue weighted by atomic mass is 10.1. The van der Waals surface area contributed by atoms with Crippen LogP contribution in [0.1, 0.15) is 18.5 Å². The molecule has 1 aromatic heterocycles. The lowest BCUT2D eigenvalue weighted by Crippen LogP contribution is -2.40. The van der Waals surface area contributed by atoms with E-state index >= 15 is 0 Å². The fourth-order valence-corrected chi connectivity index (χ4v) is 1.53. The number of nitrogen functional groups attached to an aromatic ring is 1. The largest absolute Gasteiger partial charge is 0.362 e. The van der Waals surface area contributed by atoms with Crippen molar-refractivity contribution in [1.29, 1.82) is 0 Å². The summed E-state index contributed by atoms with van der Waals surface area (Å²) in [4.78, 5) is 0. The molecule has 0 bridgehead atoms. The lowest BCUT2D eigenvalue weighted by molar-refractivity contribution is -0.782. The summed E-state index contributed by atoms with van der Waals surface area (Å²) in [6, 6.07) is 10.5. The topological polar surface area (TPSA) is 55.9 Å². The van der Waals surface area contributed by atoms with Gasteiger partial charge in [0, 0.05) is 13.3 Å². The maximum Gasteiger partial charge on any atom is 0.293 e. The highest BCUT2D eigenvalue weighted by Crippen LogP contribution is 2.08. The Morgan fingerprint density at radius 3 is 2.73 bits per heavy atom. The van der Waals surface area contributed by atoms with Crippen molar-refractivity contribution in [3.05, 3.63) is 42.1 Å². The van der Waals surface area contributed by atoms with Gasteiger partial charge in [0.05, 0.1) is 0 Å². The normalized spacial score (nSPS) is 12.6. The Kier molecular flexibility index (Phi) is 2.67. The van der Waals surface area contributed by atoms with Crippen molar-refractivity contribution in [2.24, 2.45) is 0 Å². The van der Waals surface area contributed by atoms with E-state index in [1.165, 1.54) is 5.56 Å². The molecule has 2 aromatic rings. The minimum atomic E-state index is 0.244. The van der Waals surface area contributed by atoms with Gasteiger partial charge in [0.1, 0.15) is 0 Å². The van der Waals surface area contributed by atoms with Crippen molar-refractivity contribution in [3.8, 4) is 0 Å². The molecule has 0 radical (unpaired) electrons. The summed E-state index contributed by atoms with van der Waals surface area (Å²) in [6.45, 7) is 2.08. The average molecular weight is 204 g/mol. The van der Waals surface area contributed by atoms with Gasteiger partial charge < -0.3 is 5.73 Å². The maximum atomic E-state index is 5.46. The molecule has 1 heterocycles. The molecule has 1 aromatic carbocycles. The Hall–Kier alpha value is -1.84. The van der Waals surface area contributed by atoms with Gasteiger partial charge in [-0.3, -0.25) is 4.52 Å². The van der Waals surface area contributed by atoms with E-state index in [1.807, 2.05) is 18.2 Å². The monoisotopic (exact) mass is 204 g/mol. The van der Waals surface area contributed by atoms with Crippen LogP contribution >= 0.6 is 0 Å². The van der Waals surface area contributed by atoms with Crippen LogP contribution in [0.5, 0.6) is 0 Å². The molecule has 0 aliphatic rings. The van der Waals surface area contributed by atoms with Crippen LogP contribution in [0.4, 0.5) is 5.88 Å². The van der Waals surface area contributed by atoms with Gasteiger partial charge in [-0.1, -0.05) is 30.3 Å². The van der Waals surface area contributed by atoms with Crippen molar-refractivity contribution in [2.45, 2.75) is 19.4 Å². The van der Waals surface area contributed by atoms with Gasteiger partial charge >= 0.3 is 0 Å². The predicted molar refractivity (Wildman–Crippen MR) is 56.0 cm³/mol. The summed E-state index contributed by atoms with van der Waals surface area (Å²) >= 11 is 0. The molecule has 78 valence electrons. The fourth-order valence-electron chi connectivity index (χ4n) is 1.53. The summed E-state index contributed by atoms with van der Waals surface area (Å²) in [5, 5.41) is 3.83. The number of hydrogen-bond acceptors (Lipinski definition) is 3. The Balaban J connectivity index is 2.07. The number of benzene rings is 1. The number of aromatic nitrogens is 2. The van der Waals surface area contributed by atoms with E-state index in [4.69, 9.17) is 10.3 Å². The van der Waals surface area contributed by atoms with Crippen LogP contribution in [0, 0.1) is 0 Å². The van der Waals surface area contributed by atoms with Gasteiger partial charge in [-0.2, -0.15) is 0 Å². The molecular weight excluding hydrogens is 190 g/mol. The summed E-state index contributed by atoms with van der Waals surface area (Å²) in [5.74, 6) is 0.343. The van der Waals surface area contributed by atoms with E-state index < -0.39 is 0 Å². The SMILES string of the molecule is C[C@@H](Cc1ccccc1)[n+]1cc(N)on1. The molecule has 4 heteroatoms. The average Bonchev–Trinajstić information content (AvgIpc) is 2.66. The lowest BCUT2D eigenvalue weighted by Gasteiger charge is -2.01. The second-order valence-electron chi connectivity index (χ2n) is 3.62. The Labute approximate surface area is 88.3 Å². The molecule has 0 aliphatic heterocycles. The first-order valence-electron chi connectivity index (χ1n) is 4.93. The second kappa shape index (κ2) is 4.13. The van der Waals surface area contributed by atoms with Crippen LogP contribution in [0.25, 0.3) is 0 Å². The first-order valence-corrected chi connectivity index (χ1v) is 4.93. The molecule has 15 heavy (non-hydrogen) atoms. The molecule has 2 rings (SSSR count). The zero-order valence-corrected chi connectivity index (χ0v) is 8.63. The van der Waals surface area contributed by atoms with Crippen molar-refractivity contribution < 1.29 is 9.20 Å². The van der Waals surface area contributed by atoms with Gasteiger partial charge in [-0.05, 0) is 10.2 Å². The van der Waals surface area contributed by atoms with Crippen LogP contribution in [0.3, 0.4) is 0 Å². The molecule has 2 N–H and O–H groups in total. The highest BCUT2D eigenvalue weighted by Gasteiger charge is 2.18. The van der Waals surface area contributed by atoms with E-state index in [0.717, 1.165) is 6.42 Å². The number of hydrogen-bond donors (Lipinski definition) is 1. The summed E-state index contributed by atoms with van der Waals surface area (Å²) < 4.78 is 6.55. The molecule has 0 spiro atoms. The quantitative estimate of drug-likeness (QED) is 0.768. The predicted octanol–water partition coefficient (Wildman–Crippen LogP) is 1.35. The fraction of sp³-hybridized carbons (Fsp3) is 0.273. The minimum Gasteiger partial charge on any atom is -0.362 e. The van der Waals surface area contributed by atoms with E-state index in [2.05, 4.69) is 24.3 Å². The third-order valence-corrected chi connectivity index (χ3v) is 2.33. The van der Waals surface area contributed by atoms with Gasteiger partial charge in [-0.15, -0.1) is 0 Å². The van der Waals surface area contributed by atoms with Crippen LogP contribution in [-0.2, 0) is 6.42 Å². The van der Waals surface area contributed by atoms with Crippen molar-refractivity contribution in [3.63, 3.8) is 0 Å². The Bertz CT molecular complexity index is 424. The van der Waals surface area contributed by atoms with E-state index in [-0.39, 0.29) is 6.04 Å². The molecular formula is C11H14N3O+. The molecule has 0 aliphatic carbocycles. The highest BCUT2D eigenvalue weighted by atomic mass is 16.5.